The maximum Gasteiger partial charge on any atom is 0.0584 e. The molecule has 0 rings (SSSR count). The fourth-order valence-corrected chi connectivity index (χ4v) is 0.706. The Morgan fingerprint density at radius 2 is 2.20 bits per heavy atom. The highest BCUT2D eigenvalue weighted by atomic mass is 35.5. The molecule has 0 aromatic carbocycles. The van der Waals surface area contributed by atoms with Crippen molar-refractivity contribution in [3.63, 3.8) is 0 Å². The van der Waals surface area contributed by atoms with Crippen LogP contribution in [0.1, 0.15) is 13.3 Å². The van der Waals surface area contributed by atoms with Crippen LogP contribution >= 0.6 is 24.0 Å². The molecule has 0 aliphatic carbocycles. The molecule has 0 amide bonds. The van der Waals surface area contributed by atoms with E-state index in [4.69, 9.17) is 16.7 Å². The maximum absolute atomic E-state index is 8.65. The number of rotatable bonds is 5. The zero-order valence-electron chi connectivity index (χ0n) is 6.14. The molecule has 10 heavy (non-hydrogen) atoms. The van der Waals surface area contributed by atoms with Crippen molar-refractivity contribution in [3.8, 4) is 0 Å². The predicted molar refractivity (Wildman–Crippen MR) is 47.1 cm³/mol. The van der Waals surface area contributed by atoms with Gasteiger partial charge in [-0.1, -0.05) is 6.92 Å². The summed E-state index contributed by atoms with van der Waals surface area (Å²) < 4.78 is 0. The molecule has 2 nitrogen and oxygen atoms in total. The lowest BCUT2D eigenvalue weighted by molar-refractivity contribution is 0.241. The van der Waals surface area contributed by atoms with Crippen molar-refractivity contribution in [1.29, 1.82) is 0 Å². The molecule has 0 unspecified atom stereocenters. The zero-order valence-corrected chi connectivity index (χ0v) is 7.71. The molecule has 1 atom stereocenters. The summed E-state index contributed by atoms with van der Waals surface area (Å²) in [4.78, 5) is 0. The minimum absolute atomic E-state index is 0. The molecule has 4 heteroatoms. The molecular weight excluding hydrogens is 173 g/mol. The average Bonchev–Trinajstić information content (AvgIpc) is 1.91. The van der Waals surface area contributed by atoms with Gasteiger partial charge in [0.15, 0.2) is 0 Å². The van der Waals surface area contributed by atoms with Crippen LogP contribution in [-0.4, -0.2) is 30.2 Å². The molecule has 0 aliphatic heterocycles. The van der Waals surface area contributed by atoms with Crippen molar-refractivity contribution < 1.29 is 5.11 Å². The van der Waals surface area contributed by atoms with E-state index in [0.29, 0.717) is 5.88 Å². The second-order valence-electron chi connectivity index (χ2n) is 1.93. The summed E-state index contributed by atoms with van der Waals surface area (Å²) in [7, 11) is 0. The smallest absolute Gasteiger partial charge is 0.0584 e. The van der Waals surface area contributed by atoms with Gasteiger partial charge < -0.3 is 10.4 Å². The van der Waals surface area contributed by atoms with Crippen molar-refractivity contribution in [2.45, 2.75) is 19.4 Å². The Bertz CT molecular complexity index is 59.7. The highest BCUT2D eigenvalue weighted by Gasteiger charge is 1.99. The van der Waals surface area contributed by atoms with Gasteiger partial charge in [0, 0.05) is 18.5 Å². The zero-order chi connectivity index (χ0) is 7.11. The van der Waals surface area contributed by atoms with Crippen molar-refractivity contribution in [2.75, 3.05) is 19.0 Å². The SMILES string of the molecule is CC[C@@H](CO)NCCCl.Cl. The van der Waals surface area contributed by atoms with Gasteiger partial charge in [-0.05, 0) is 6.42 Å². The molecule has 0 spiro atoms. The van der Waals surface area contributed by atoms with Crippen LogP contribution in [0.15, 0.2) is 0 Å². The molecule has 2 N–H and O–H groups in total. The first-order valence-corrected chi connectivity index (χ1v) is 3.78. The Balaban J connectivity index is 0. The summed E-state index contributed by atoms with van der Waals surface area (Å²) >= 11 is 5.42. The Morgan fingerprint density at radius 1 is 1.60 bits per heavy atom. The maximum atomic E-state index is 8.65. The summed E-state index contributed by atoms with van der Waals surface area (Å²) in [6.07, 6.45) is 0.952. The Morgan fingerprint density at radius 3 is 2.50 bits per heavy atom. The predicted octanol–water partition coefficient (Wildman–Crippen LogP) is 1.01. The Hall–Kier alpha value is 0.500. The quantitative estimate of drug-likeness (QED) is 0.631. The van der Waals surface area contributed by atoms with Crippen LogP contribution in [0, 0.1) is 0 Å². The first-order chi connectivity index (χ1) is 4.35. The normalized spacial score (nSPS) is 12.3. The number of halogens is 2. The molecule has 0 aliphatic rings. The number of aliphatic hydroxyl groups excluding tert-OH is 1. The molecule has 0 radical (unpaired) electrons. The summed E-state index contributed by atoms with van der Waals surface area (Å²) in [6, 6.07) is 0.226. The van der Waals surface area contributed by atoms with Crippen molar-refractivity contribution in [2.24, 2.45) is 0 Å². The number of aliphatic hydroxyl groups is 1. The van der Waals surface area contributed by atoms with Gasteiger partial charge >= 0.3 is 0 Å². The second kappa shape index (κ2) is 9.50. The number of hydrogen-bond donors (Lipinski definition) is 2. The summed E-state index contributed by atoms with van der Waals surface area (Å²) in [6.45, 7) is 3.01. The van der Waals surface area contributed by atoms with Crippen LogP contribution in [-0.2, 0) is 0 Å². The first kappa shape index (κ1) is 13.1. The van der Waals surface area contributed by atoms with E-state index in [1.54, 1.807) is 0 Å². The van der Waals surface area contributed by atoms with Crippen LogP contribution in [0.25, 0.3) is 0 Å². The van der Waals surface area contributed by atoms with Gasteiger partial charge in [-0.25, -0.2) is 0 Å². The summed E-state index contributed by atoms with van der Waals surface area (Å²) in [5, 5.41) is 11.7. The average molecular weight is 188 g/mol. The van der Waals surface area contributed by atoms with Gasteiger partial charge in [-0.2, -0.15) is 0 Å². The fraction of sp³-hybridized carbons (Fsp3) is 1.00. The van der Waals surface area contributed by atoms with Gasteiger partial charge in [0.25, 0.3) is 0 Å². The minimum Gasteiger partial charge on any atom is -0.395 e. The molecule has 0 saturated carbocycles. The van der Waals surface area contributed by atoms with E-state index in [-0.39, 0.29) is 25.1 Å². The third-order valence-corrected chi connectivity index (χ3v) is 1.43. The molecule has 0 heterocycles. The molecule has 0 aromatic rings. The van der Waals surface area contributed by atoms with Crippen LogP contribution in [0.3, 0.4) is 0 Å². The van der Waals surface area contributed by atoms with E-state index in [1.807, 2.05) is 6.92 Å². The molecule has 0 bridgehead atoms. The summed E-state index contributed by atoms with van der Waals surface area (Å²) in [5.41, 5.74) is 0. The van der Waals surface area contributed by atoms with Crippen molar-refractivity contribution in [1.82, 2.24) is 5.32 Å². The standard InChI is InChI=1S/C6H14ClNO.ClH/c1-2-6(5-9)8-4-3-7;/h6,8-9H,2-5H2,1H3;1H/t6-;/m0./s1. The Kier molecular flexibility index (Phi) is 12.5. The summed E-state index contributed by atoms with van der Waals surface area (Å²) in [5.74, 6) is 0.608. The lowest BCUT2D eigenvalue weighted by atomic mass is 10.2. The van der Waals surface area contributed by atoms with E-state index in [1.165, 1.54) is 0 Å². The van der Waals surface area contributed by atoms with Gasteiger partial charge in [0.05, 0.1) is 6.61 Å². The van der Waals surface area contributed by atoms with Gasteiger partial charge in [0.1, 0.15) is 0 Å². The van der Waals surface area contributed by atoms with Gasteiger partial charge in [0.2, 0.25) is 0 Å². The molecule has 0 aromatic heterocycles. The van der Waals surface area contributed by atoms with Gasteiger partial charge in [-0.3, -0.25) is 0 Å². The Labute approximate surface area is 73.4 Å². The third-order valence-electron chi connectivity index (χ3n) is 1.24. The van der Waals surface area contributed by atoms with Crippen molar-refractivity contribution in [3.05, 3.63) is 0 Å². The highest BCUT2D eigenvalue weighted by Crippen LogP contribution is 1.87. The van der Waals surface area contributed by atoms with Gasteiger partial charge in [-0.15, -0.1) is 24.0 Å². The number of nitrogens with one attached hydrogen (secondary N) is 1. The van der Waals surface area contributed by atoms with Crippen molar-refractivity contribution >= 4 is 24.0 Å². The topological polar surface area (TPSA) is 32.3 Å². The third kappa shape index (κ3) is 6.62. The van der Waals surface area contributed by atoms with E-state index in [0.717, 1.165) is 13.0 Å². The molecule has 0 saturated heterocycles. The first-order valence-electron chi connectivity index (χ1n) is 3.25. The largest absolute Gasteiger partial charge is 0.395 e. The monoisotopic (exact) mass is 187 g/mol. The number of alkyl halides is 1. The van der Waals surface area contributed by atoms with E-state index >= 15 is 0 Å². The molecular formula is C6H15Cl2NO. The van der Waals surface area contributed by atoms with Crippen LogP contribution in [0.4, 0.5) is 0 Å². The van der Waals surface area contributed by atoms with E-state index in [9.17, 15) is 0 Å². The van der Waals surface area contributed by atoms with Crippen LogP contribution in [0.2, 0.25) is 0 Å². The van der Waals surface area contributed by atoms with E-state index in [2.05, 4.69) is 5.32 Å². The second-order valence-corrected chi connectivity index (χ2v) is 2.31. The van der Waals surface area contributed by atoms with Crippen LogP contribution < -0.4 is 5.32 Å². The molecule has 0 fully saturated rings. The van der Waals surface area contributed by atoms with E-state index < -0.39 is 0 Å². The van der Waals surface area contributed by atoms with Crippen LogP contribution in [0.5, 0.6) is 0 Å². The lowest BCUT2D eigenvalue weighted by Crippen LogP contribution is -2.32. The molecule has 64 valence electrons. The number of hydrogen-bond acceptors (Lipinski definition) is 2. The lowest BCUT2D eigenvalue weighted by Gasteiger charge is -2.11. The highest BCUT2D eigenvalue weighted by molar-refractivity contribution is 6.18. The fourth-order valence-electron chi connectivity index (χ4n) is 0.597. The minimum atomic E-state index is 0.